The highest BCUT2D eigenvalue weighted by Gasteiger charge is 2.11. The zero-order valence-corrected chi connectivity index (χ0v) is 15.3. The average molecular weight is 359 g/mol. The molecule has 0 aliphatic carbocycles. The number of carbonyl (C=O) groups is 2. The Balaban J connectivity index is 1.85. The summed E-state index contributed by atoms with van der Waals surface area (Å²) in [4.78, 5) is 24.2. The third-order valence-corrected chi connectivity index (χ3v) is 4.37. The molecule has 1 atom stereocenters. The highest BCUT2D eigenvalue weighted by atomic mass is 35.5. The van der Waals surface area contributed by atoms with Crippen LogP contribution in [-0.4, -0.2) is 18.4 Å². The van der Waals surface area contributed by atoms with Gasteiger partial charge in [0.25, 0.3) is 5.91 Å². The topological polar surface area (TPSA) is 58.2 Å². The molecule has 0 saturated carbocycles. The van der Waals surface area contributed by atoms with Gasteiger partial charge in [-0.3, -0.25) is 9.59 Å². The summed E-state index contributed by atoms with van der Waals surface area (Å²) < 4.78 is 0. The summed E-state index contributed by atoms with van der Waals surface area (Å²) in [7, 11) is 0. The van der Waals surface area contributed by atoms with Crippen LogP contribution in [0.1, 0.15) is 48.5 Å². The van der Waals surface area contributed by atoms with Crippen molar-refractivity contribution in [3.63, 3.8) is 0 Å². The van der Waals surface area contributed by atoms with Crippen molar-refractivity contribution in [1.82, 2.24) is 5.32 Å². The molecule has 2 aromatic carbocycles. The van der Waals surface area contributed by atoms with Gasteiger partial charge in [-0.25, -0.2) is 0 Å². The van der Waals surface area contributed by atoms with Crippen LogP contribution in [0.25, 0.3) is 0 Å². The lowest BCUT2D eigenvalue weighted by Crippen LogP contribution is -2.27. The van der Waals surface area contributed by atoms with E-state index in [0.717, 1.165) is 17.7 Å². The minimum atomic E-state index is -0.218. The fourth-order valence-corrected chi connectivity index (χ4v) is 2.59. The molecule has 0 radical (unpaired) electrons. The van der Waals surface area contributed by atoms with Gasteiger partial charge < -0.3 is 10.6 Å². The molecule has 0 aliphatic rings. The van der Waals surface area contributed by atoms with Crippen molar-refractivity contribution in [3.05, 3.63) is 64.7 Å². The highest BCUT2D eigenvalue weighted by Crippen LogP contribution is 2.26. The van der Waals surface area contributed by atoms with Crippen molar-refractivity contribution in [2.75, 3.05) is 11.9 Å². The average Bonchev–Trinajstić information content (AvgIpc) is 2.62. The zero-order valence-electron chi connectivity index (χ0n) is 14.5. The molecule has 25 heavy (non-hydrogen) atoms. The molecule has 0 aliphatic heterocycles. The molecule has 0 heterocycles. The van der Waals surface area contributed by atoms with E-state index in [1.807, 2.05) is 24.3 Å². The number of benzene rings is 2. The zero-order chi connectivity index (χ0) is 18.2. The Labute approximate surface area is 153 Å². The molecule has 0 saturated heterocycles. The molecule has 2 aromatic rings. The van der Waals surface area contributed by atoms with Crippen LogP contribution in [0, 0.1) is 0 Å². The first kappa shape index (κ1) is 19.0. The van der Waals surface area contributed by atoms with Crippen LogP contribution in [0.4, 0.5) is 5.69 Å². The van der Waals surface area contributed by atoms with Gasteiger partial charge in [-0.2, -0.15) is 0 Å². The quantitative estimate of drug-likeness (QED) is 0.759. The maximum atomic E-state index is 12.2. The molecule has 2 N–H and O–H groups in total. The van der Waals surface area contributed by atoms with E-state index in [4.69, 9.17) is 11.6 Å². The summed E-state index contributed by atoms with van der Waals surface area (Å²) in [6.07, 6.45) is 1.22. The van der Waals surface area contributed by atoms with Gasteiger partial charge in [-0.1, -0.05) is 43.6 Å². The van der Waals surface area contributed by atoms with Crippen molar-refractivity contribution >= 4 is 29.1 Å². The Morgan fingerprint density at radius 2 is 1.76 bits per heavy atom. The summed E-state index contributed by atoms with van der Waals surface area (Å²) in [6.45, 7) is 4.53. The van der Waals surface area contributed by atoms with Gasteiger partial charge in [0, 0.05) is 29.2 Å². The Morgan fingerprint density at radius 1 is 1.08 bits per heavy atom. The molecule has 2 amide bonds. The number of carbonyl (C=O) groups excluding carboxylic acids is 2. The first-order chi connectivity index (χ1) is 12.0. The molecule has 0 spiro atoms. The van der Waals surface area contributed by atoms with Crippen molar-refractivity contribution < 1.29 is 9.59 Å². The standard InChI is InChI=1S/C20H23ClN2O2/c1-3-14(2)17-6-4-5-7-18(17)23-19(24)12-13-22-20(25)15-8-10-16(21)11-9-15/h4-11,14H,3,12-13H2,1-2H3,(H,22,25)(H,23,24). The summed E-state index contributed by atoms with van der Waals surface area (Å²) >= 11 is 5.80. The summed E-state index contributed by atoms with van der Waals surface area (Å²) in [5, 5.41) is 6.26. The highest BCUT2D eigenvalue weighted by molar-refractivity contribution is 6.30. The number of rotatable bonds is 7. The molecule has 0 fully saturated rings. The largest absolute Gasteiger partial charge is 0.352 e. The minimum Gasteiger partial charge on any atom is -0.352 e. The fraction of sp³-hybridized carbons (Fsp3) is 0.300. The maximum Gasteiger partial charge on any atom is 0.251 e. The van der Waals surface area contributed by atoms with Crippen molar-refractivity contribution in [1.29, 1.82) is 0 Å². The van der Waals surface area contributed by atoms with Gasteiger partial charge in [0.1, 0.15) is 0 Å². The Bertz CT molecular complexity index is 729. The third kappa shape index (κ3) is 5.61. The van der Waals surface area contributed by atoms with Gasteiger partial charge in [0.05, 0.1) is 0 Å². The van der Waals surface area contributed by atoms with Crippen molar-refractivity contribution in [2.24, 2.45) is 0 Å². The number of nitrogens with one attached hydrogen (secondary N) is 2. The molecule has 0 aromatic heterocycles. The van der Waals surface area contributed by atoms with Crippen LogP contribution < -0.4 is 10.6 Å². The van der Waals surface area contributed by atoms with E-state index in [2.05, 4.69) is 24.5 Å². The first-order valence-electron chi connectivity index (χ1n) is 8.43. The van der Waals surface area contributed by atoms with E-state index in [1.165, 1.54) is 0 Å². The molecule has 5 heteroatoms. The lowest BCUT2D eigenvalue weighted by atomic mass is 9.97. The van der Waals surface area contributed by atoms with E-state index in [9.17, 15) is 9.59 Å². The van der Waals surface area contributed by atoms with Crippen LogP contribution in [0.3, 0.4) is 0 Å². The second-order valence-electron chi connectivity index (χ2n) is 5.96. The number of hydrogen-bond donors (Lipinski definition) is 2. The predicted molar refractivity (Wildman–Crippen MR) is 102 cm³/mol. The van der Waals surface area contributed by atoms with Gasteiger partial charge in [0.2, 0.25) is 5.91 Å². The van der Waals surface area contributed by atoms with E-state index in [0.29, 0.717) is 16.5 Å². The number of hydrogen-bond acceptors (Lipinski definition) is 2. The van der Waals surface area contributed by atoms with Gasteiger partial charge >= 0.3 is 0 Å². The van der Waals surface area contributed by atoms with Crippen LogP contribution >= 0.6 is 11.6 Å². The molecular formula is C20H23ClN2O2. The van der Waals surface area contributed by atoms with Crippen LogP contribution in [0.5, 0.6) is 0 Å². The minimum absolute atomic E-state index is 0.118. The summed E-state index contributed by atoms with van der Waals surface area (Å²) in [6, 6.07) is 14.5. The normalized spacial score (nSPS) is 11.6. The SMILES string of the molecule is CCC(C)c1ccccc1NC(=O)CCNC(=O)c1ccc(Cl)cc1. The number of anilines is 1. The van der Waals surface area contributed by atoms with E-state index >= 15 is 0 Å². The molecular weight excluding hydrogens is 336 g/mol. The number of halogens is 1. The smallest absolute Gasteiger partial charge is 0.251 e. The fourth-order valence-electron chi connectivity index (χ4n) is 2.47. The molecule has 1 unspecified atom stereocenters. The Hall–Kier alpha value is -2.33. The monoisotopic (exact) mass is 358 g/mol. The second-order valence-corrected chi connectivity index (χ2v) is 6.39. The van der Waals surface area contributed by atoms with Gasteiger partial charge in [-0.15, -0.1) is 0 Å². The van der Waals surface area contributed by atoms with Crippen LogP contribution in [0.15, 0.2) is 48.5 Å². The first-order valence-corrected chi connectivity index (χ1v) is 8.81. The molecule has 132 valence electrons. The van der Waals surface area contributed by atoms with Crippen LogP contribution in [0.2, 0.25) is 5.02 Å². The Morgan fingerprint density at radius 3 is 2.44 bits per heavy atom. The molecule has 0 bridgehead atoms. The Kier molecular flexibility index (Phi) is 7.02. The van der Waals surface area contributed by atoms with E-state index < -0.39 is 0 Å². The van der Waals surface area contributed by atoms with Gasteiger partial charge in [0.15, 0.2) is 0 Å². The molecule has 2 rings (SSSR count). The van der Waals surface area contributed by atoms with E-state index in [1.54, 1.807) is 24.3 Å². The number of para-hydroxylation sites is 1. The third-order valence-electron chi connectivity index (χ3n) is 4.12. The summed E-state index contributed by atoms with van der Waals surface area (Å²) in [5.74, 6) is 0.0396. The van der Waals surface area contributed by atoms with Crippen molar-refractivity contribution in [3.8, 4) is 0 Å². The summed E-state index contributed by atoms with van der Waals surface area (Å²) in [5.41, 5.74) is 2.49. The van der Waals surface area contributed by atoms with Gasteiger partial charge in [-0.05, 0) is 48.2 Å². The lowest BCUT2D eigenvalue weighted by Gasteiger charge is -2.15. The second kappa shape index (κ2) is 9.23. The predicted octanol–water partition coefficient (Wildman–Crippen LogP) is 4.61. The maximum absolute atomic E-state index is 12.2. The van der Waals surface area contributed by atoms with E-state index in [-0.39, 0.29) is 24.8 Å². The molecule has 4 nitrogen and oxygen atoms in total. The lowest BCUT2D eigenvalue weighted by molar-refractivity contribution is -0.116. The van der Waals surface area contributed by atoms with Crippen molar-refractivity contribution in [2.45, 2.75) is 32.6 Å². The number of amides is 2. The van der Waals surface area contributed by atoms with Crippen LogP contribution in [-0.2, 0) is 4.79 Å².